The molecular weight excluding hydrogens is 276 g/mol. The molecule has 2 aromatic rings. The number of nitrogen functional groups attached to an aromatic ring is 1. The number of rotatable bonds is 3. The van der Waals surface area contributed by atoms with Gasteiger partial charge in [0.15, 0.2) is 0 Å². The Bertz CT molecular complexity index is 693. The highest BCUT2D eigenvalue weighted by atomic mass is 32.1. The summed E-state index contributed by atoms with van der Waals surface area (Å²) in [5.41, 5.74) is 8.15. The molecule has 0 aliphatic rings. The Morgan fingerprint density at radius 3 is 2.75 bits per heavy atom. The van der Waals surface area contributed by atoms with E-state index in [9.17, 15) is 9.59 Å². The molecule has 0 spiro atoms. The lowest BCUT2D eigenvalue weighted by atomic mass is 10.2. The van der Waals surface area contributed by atoms with Crippen LogP contribution in [0.2, 0.25) is 0 Å². The molecule has 0 fully saturated rings. The number of pyridine rings is 1. The molecule has 6 nitrogen and oxygen atoms in total. The fourth-order valence-electron chi connectivity index (χ4n) is 1.98. The number of anilines is 1. The number of aromatic nitrogens is 1. The first-order valence-corrected chi connectivity index (χ1v) is 6.90. The summed E-state index contributed by atoms with van der Waals surface area (Å²) < 4.78 is 0.928. The van der Waals surface area contributed by atoms with Crippen LogP contribution in [0, 0.1) is 13.8 Å². The van der Waals surface area contributed by atoms with E-state index in [0.29, 0.717) is 10.6 Å². The van der Waals surface area contributed by atoms with Crippen LogP contribution >= 0.6 is 11.3 Å². The molecular formula is C13H16N4O2S. The van der Waals surface area contributed by atoms with Crippen molar-refractivity contribution in [3.63, 3.8) is 0 Å². The highest BCUT2D eigenvalue weighted by molar-refractivity contribution is 7.21. The predicted octanol–water partition coefficient (Wildman–Crippen LogP) is 0.971. The van der Waals surface area contributed by atoms with Gasteiger partial charge in [0.25, 0.3) is 5.91 Å². The Hall–Kier alpha value is -2.15. The molecule has 0 aromatic carbocycles. The van der Waals surface area contributed by atoms with Gasteiger partial charge in [-0.15, -0.1) is 11.3 Å². The zero-order valence-corrected chi connectivity index (χ0v) is 12.4. The van der Waals surface area contributed by atoms with Crippen molar-refractivity contribution in [2.45, 2.75) is 13.8 Å². The van der Waals surface area contributed by atoms with Crippen LogP contribution in [0.3, 0.4) is 0 Å². The van der Waals surface area contributed by atoms with E-state index in [1.165, 1.54) is 18.4 Å². The molecule has 0 saturated carbocycles. The zero-order chi connectivity index (χ0) is 14.9. The third-order valence-electron chi connectivity index (χ3n) is 2.91. The lowest BCUT2D eigenvalue weighted by molar-refractivity contribution is -0.119. The largest absolute Gasteiger partial charge is 0.397 e. The number of likely N-dealkylation sites (N-methyl/N-ethyl adjacent to an activating group) is 1. The van der Waals surface area contributed by atoms with Crippen LogP contribution in [0.4, 0.5) is 5.69 Å². The zero-order valence-electron chi connectivity index (χ0n) is 11.5. The molecule has 4 N–H and O–H groups in total. The number of hydrogen-bond acceptors (Lipinski definition) is 5. The Morgan fingerprint density at radius 2 is 2.10 bits per heavy atom. The average Bonchev–Trinajstić information content (AvgIpc) is 2.72. The second-order valence-corrected chi connectivity index (χ2v) is 5.48. The average molecular weight is 292 g/mol. The number of hydrogen-bond donors (Lipinski definition) is 3. The minimum absolute atomic E-state index is 0.0702. The van der Waals surface area contributed by atoms with E-state index < -0.39 is 0 Å². The second-order valence-electron chi connectivity index (χ2n) is 4.42. The number of fused-ring (bicyclic) bond motifs is 1. The highest BCUT2D eigenvalue weighted by Gasteiger charge is 2.18. The number of aryl methyl sites for hydroxylation is 2. The molecule has 7 heteroatoms. The van der Waals surface area contributed by atoms with E-state index in [0.717, 1.165) is 21.5 Å². The van der Waals surface area contributed by atoms with Gasteiger partial charge < -0.3 is 16.4 Å². The number of nitrogens with zero attached hydrogens (tertiary/aromatic N) is 1. The first kappa shape index (κ1) is 14.3. The number of thiophene rings is 1. The van der Waals surface area contributed by atoms with Gasteiger partial charge in [-0.2, -0.15) is 0 Å². The summed E-state index contributed by atoms with van der Waals surface area (Å²) in [4.78, 5) is 28.0. The summed E-state index contributed by atoms with van der Waals surface area (Å²) in [7, 11) is 1.51. The summed E-state index contributed by atoms with van der Waals surface area (Å²) in [5.74, 6) is -0.601. The van der Waals surface area contributed by atoms with Crippen molar-refractivity contribution < 1.29 is 9.59 Å². The van der Waals surface area contributed by atoms with Gasteiger partial charge >= 0.3 is 0 Å². The van der Waals surface area contributed by atoms with E-state index in [4.69, 9.17) is 5.73 Å². The van der Waals surface area contributed by atoms with E-state index >= 15 is 0 Å². The van der Waals surface area contributed by atoms with E-state index in [2.05, 4.69) is 15.6 Å². The number of carbonyl (C=O) groups is 2. The van der Waals surface area contributed by atoms with Gasteiger partial charge in [0.05, 0.1) is 12.2 Å². The van der Waals surface area contributed by atoms with Crippen LogP contribution in [0.15, 0.2) is 6.07 Å². The van der Waals surface area contributed by atoms with Crippen molar-refractivity contribution >= 4 is 38.9 Å². The standard InChI is InChI=1S/C13H16N4O2S/c1-6-4-8-10(7(2)17-6)11(14)12(20-8)13(19)16-5-9(18)15-3/h4H,5,14H2,1-3H3,(H,15,18)(H,16,19). The SMILES string of the molecule is CNC(=O)CNC(=O)c1sc2cc(C)nc(C)c2c1N. The van der Waals surface area contributed by atoms with E-state index in [-0.39, 0.29) is 18.4 Å². The molecule has 0 aliphatic heterocycles. The first-order chi connectivity index (χ1) is 9.43. The Morgan fingerprint density at radius 1 is 1.40 bits per heavy atom. The molecule has 0 radical (unpaired) electrons. The Kier molecular flexibility index (Phi) is 3.89. The molecule has 2 rings (SSSR count). The van der Waals surface area contributed by atoms with Gasteiger partial charge in [-0.25, -0.2) is 0 Å². The summed E-state index contributed by atoms with van der Waals surface area (Å²) in [6.07, 6.45) is 0. The monoisotopic (exact) mass is 292 g/mol. The maximum atomic E-state index is 12.1. The van der Waals surface area contributed by atoms with Crippen molar-refractivity contribution in [3.05, 3.63) is 22.3 Å². The number of amides is 2. The third kappa shape index (κ3) is 2.57. The predicted molar refractivity (Wildman–Crippen MR) is 79.9 cm³/mol. The molecule has 106 valence electrons. The second kappa shape index (κ2) is 5.46. The molecule has 0 saturated heterocycles. The number of carbonyl (C=O) groups excluding carboxylic acids is 2. The quantitative estimate of drug-likeness (QED) is 0.785. The van der Waals surface area contributed by atoms with Crippen LogP contribution < -0.4 is 16.4 Å². The van der Waals surface area contributed by atoms with Gasteiger partial charge in [0, 0.05) is 28.5 Å². The van der Waals surface area contributed by atoms with Crippen LogP contribution in [0.5, 0.6) is 0 Å². The molecule has 0 bridgehead atoms. The molecule has 20 heavy (non-hydrogen) atoms. The fourth-order valence-corrected chi connectivity index (χ4v) is 3.16. The van der Waals surface area contributed by atoms with Crippen molar-refractivity contribution in [3.8, 4) is 0 Å². The van der Waals surface area contributed by atoms with Crippen molar-refractivity contribution in [2.75, 3.05) is 19.3 Å². The van der Waals surface area contributed by atoms with Crippen LogP contribution in [-0.2, 0) is 4.79 Å². The van der Waals surface area contributed by atoms with Crippen molar-refractivity contribution in [1.82, 2.24) is 15.6 Å². The van der Waals surface area contributed by atoms with Gasteiger partial charge in [-0.3, -0.25) is 14.6 Å². The van der Waals surface area contributed by atoms with Gasteiger partial charge in [0.1, 0.15) is 4.88 Å². The topological polar surface area (TPSA) is 97.1 Å². The van der Waals surface area contributed by atoms with Crippen molar-refractivity contribution in [1.29, 1.82) is 0 Å². The normalized spacial score (nSPS) is 10.6. The number of nitrogens with two attached hydrogens (primary N) is 1. The van der Waals surface area contributed by atoms with Gasteiger partial charge in [-0.1, -0.05) is 0 Å². The lowest BCUT2D eigenvalue weighted by Crippen LogP contribution is -2.35. The van der Waals surface area contributed by atoms with Gasteiger partial charge in [0.2, 0.25) is 5.91 Å². The van der Waals surface area contributed by atoms with Crippen LogP contribution in [0.25, 0.3) is 10.1 Å². The van der Waals surface area contributed by atoms with Crippen molar-refractivity contribution in [2.24, 2.45) is 0 Å². The molecule has 2 heterocycles. The molecule has 2 amide bonds. The van der Waals surface area contributed by atoms with E-state index in [1.807, 2.05) is 19.9 Å². The minimum atomic E-state index is -0.343. The molecule has 2 aromatic heterocycles. The maximum absolute atomic E-state index is 12.1. The van der Waals surface area contributed by atoms with Crippen LogP contribution in [0.1, 0.15) is 21.1 Å². The summed E-state index contributed by atoms with van der Waals surface area (Å²) in [5, 5.41) is 5.79. The van der Waals surface area contributed by atoms with E-state index in [1.54, 1.807) is 0 Å². The fraction of sp³-hybridized carbons (Fsp3) is 0.308. The minimum Gasteiger partial charge on any atom is -0.397 e. The summed E-state index contributed by atoms with van der Waals surface area (Å²) in [6.45, 7) is 3.69. The summed E-state index contributed by atoms with van der Waals surface area (Å²) in [6, 6.07) is 1.90. The lowest BCUT2D eigenvalue weighted by Gasteiger charge is -2.03. The maximum Gasteiger partial charge on any atom is 0.263 e. The summed E-state index contributed by atoms with van der Waals surface area (Å²) >= 11 is 1.31. The highest BCUT2D eigenvalue weighted by Crippen LogP contribution is 2.35. The molecule has 0 atom stereocenters. The number of nitrogens with one attached hydrogen (secondary N) is 2. The van der Waals surface area contributed by atoms with Crippen LogP contribution in [-0.4, -0.2) is 30.4 Å². The third-order valence-corrected chi connectivity index (χ3v) is 4.06. The molecule has 0 unspecified atom stereocenters. The smallest absolute Gasteiger partial charge is 0.263 e. The Labute approximate surface area is 120 Å². The first-order valence-electron chi connectivity index (χ1n) is 6.09. The molecule has 0 aliphatic carbocycles. The van der Waals surface area contributed by atoms with Gasteiger partial charge in [-0.05, 0) is 19.9 Å². The Balaban J connectivity index is 2.35.